The zero-order chi connectivity index (χ0) is 15.6. The molecule has 21 heavy (non-hydrogen) atoms. The number of carbonyl (C=O) groups excluding carboxylic acids is 1. The lowest BCUT2D eigenvalue weighted by atomic mass is 10.0. The van der Waals surface area contributed by atoms with Crippen molar-refractivity contribution < 1.29 is 4.79 Å². The highest BCUT2D eigenvalue weighted by molar-refractivity contribution is 6.37. The van der Waals surface area contributed by atoms with E-state index in [0.29, 0.717) is 27.6 Å². The van der Waals surface area contributed by atoms with Gasteiger partial charge >= 0.3 is 0 Å². The number of nitrogens with zero attached hydrogens (tertiary/aromatic N) is 1. The summed E-state index contributed by atoms with van der Waals surface area (Å²) in [6.07, 6.45) is 3.51. The summed E-state index contributed by atoms with van der Waals surface area (Å²) in [5.74, 6) is 0.736. The van der Waals surface area contributed by atoms with Gasteiger partial charge in [-0.1, -0.05) is 37.0 Å². The Bertz CT molecular complexity index is 512. The van der Waals surface area contributed by atoms with Gasteiger partial charge in [-0.2, -0.15) is 0 Å². The number of hydrogen-bond donors (Lipinski definition) is 0. The highest BCUT2D eigenvalue weighted by Gasteiger charge is 2.35. The third-order valence-corrected chi connectivity index (χ3v) is 4.60. The number of ketones is 1. The fourth-order valence-electron chi connectivity index (χ4n) is 2.57. The van der Waals surface area contributed by atoms with E-state index in [9.17, 15) is 4.79 Å². The standard InChI is InChI=1S/C17H23Cl2NO/c1-11(2)8-9-20(14-5-6-14)12(3)17(21)15-7-4-13(18)10-16(15)19/h4,7,10-12,14H,5-6,8-9H2,1-3H3. The molecule has 1 aliphatic rings. The first-order valence-electron chi connectivity index (χ1n) is 7.65. The summed E-state index contributed by atoms with van der Waals surface area (Å²) in [6, 6.07) is 5.53. The Labute approximate surface area is 137 Å². The molecule has 2 nitrogen and oxygen atoms in total. The number of benzene rings is 1. The molecule has 0 spiro atoms. The van der Waals surface area contributed by atoms with Crippen LogP contribution in [0.15, 0.2) is 18.2 Å². The summed E-state index contributed by atoms with van der Waals surface area (Å²) in [6.45, 7) is 7.40. The van der Waals surface area contributed by atoms with Crippen LogP contribution >= 0.6 is 23.2 Å². The molecular weight excluding hydrogens is 305 g/mol. The number of halogens is 2. The van der Waals surface area contributed by atoms with Crippen molar-refractivity contribution in [1.82, 2.24) is 4.90 Å². The SMILES string of the molecule is CC(C)CCN(C1CC1)C(C)C(=O)c1ccc(Cl)cc1Cl. The summed E-state index contributed by atoms with van der Waals surface area (Å²) < 4.78 is 0. The quantitative estimate of drug-likeness (QED) is 0.651. The van der Waals surface area contributed by atoms with Crippen LogP contribution in [0.25, 0.3) is 0 Å². The summed E-state index contributed by atoms with van der Waals surface area (Å²) in [5.41, 5.74) is 0.573. The van der Waals surface area contributed by atoms with E-state index in [1.807, 2.05) is 6.92 Å². The highest BCUT2D eigenvalue weighted by atomic mass is 35.5. The Balaban J connectivity index is 2.11. The maximum absolute atomic E-state index is 12.7. The van der Waals surface area contributed by atoms with Gasteiger partial charge in [0.15, 0.2) is 5.78 Å². The van der Waals surface area contributed by atoms with Crippen LogP contribution in [0, 0.1) is 5.92 Å². The lowest BCUT2D eigenvalue weighted by molar-refractivity contribution is 0.0818. The monoisotopic (exact) mass is 327 g/mol. The molecule has 1 unspecified atom stereocenters. The molecule has 2 rings (SSSR count). The van der Waals surface area contributed by atoms with Gasteiger partial charge in [0.2, 0.25) is 0 Å². The van der Waals surface area contributed by atoms with Crippen LogP contribution in [0.2, 0.25) is 10.0 Å². The van der Waals surface area contributed by atoms with Crippen LogP contribution in [0.5, 0.6) is 0 Å². The molecule has 4 heteroatoms. The second kappa shape index (κ2) is 7.13. The zero-order valence-electron chi connectivity index (χ0n) is 12.9. The molecule has 1 aromatic rings. The lowest BCUT2D eigenvalue weighted by Crippen LogP contribution is -2.41. The average Bonchev–Trinajstić information content (AvgIpc) is 3.22. The number of hydrogen-bond acceptors (Lipinski definition) is 2. The summed E-state index contributed by atoms with van der Waals surface area (Å²) in [4.78, 5) is 15.1. The van der Waals surface area contributed by atoms with Gasteiger partial charge < -0.3 is 0 Å². The average molecular weight is 328 g/mol. The Kier molecular flexibility index (Phi) is 5.70. The van der Waals surface area contributed by atoms with Crippen molar-refractivity contribution in [3.63, 3.8) is 0 Å². The summed E-state index contributed by atoms with van der Waals surface area (Å²) in [7, 11) is 0. The largest absolute Gasteiger partial charge is 0.292 e. The molecule has 1 atom stereocenters. The van der Waals surface area contributed by atoms with E-state index in [1.54, 1.807) is 18.2 Å². The first-order chi connectivity index (χ1) is 9.90. The molecule has 1 saturated carbocycles. The molecule has 0 saturated heterocycles. The fraction of sp³-hybridized carbons (Fsp3) is 0.588. The van der Waals surface area contributed by atoms with Crippen LogP contribution in [-0.4, -0.2) is 29.3 Å². The van der Waals surface area contributed by atoms with Gasteiger partial charge in [0.05, 0.1) is 11.1 Å². The van der Waals surface area contributed by atoms with Gasteiger partial charge in [0.1, 0.15) is 0 Å². The third-order valence-electron chi connectivity index (χ3n) is 4.05. The minimum absolute atomic E-state index is 0.0901. The van der Waals surface area contributed by atoms with E-state index in [2.05, 4.69) is 18.7 Å². The molecule has 1 aliphatic carbocycles. The molecular formula is C17H23Cl2NO. The first kappa shape index (κ1) is 16.8. The number of carbonyl (C=O) groups is 1. The Morgan fingerprint density at radius 3 is 2.48 bits per heavy atom. The van der Waals surface area contributed by atoms with Gasteiger partial charge in [-0.15, -0.1) is 0 Å². The van der Waals surface area contributed by atoms with E-state index in [0.717, 1.165) is 13.0 Å². The predicted molar refractivity (Wildman–Crippen MR) is 89.4 cm³/mol. The number of rotatable bonds is 7. The van der Waals surface area contributed by atoms with Crippen molar-refractivity contribution in [2.45, 2.75) is 52.1 Å². The Morgan fingerprint density at radius 1 is 1.29 bits per heavy atom. The van der Waals surface area contributed by atoms with Crippen molar-refractivity contribution in [2.24, 2.45) is 5.92 Å². The van der Waals surface area contributed by atoms with Crippen LogP contribution in [0.1, 0.15) is 50.4 Å². The molecule has 116 valence electrons. The molecule has 1 fully saturated rings. The topological polar surface area (TPSA) is 20.3 Å². The second-order valence-electron chi connectivity index (χ2n) is 6.32. The van der Waals surface area contributed by atoms with Crippen LogP contribution in [-0.2, 0) is 0 Å². The van der Waals surface area contributed by atoms with Crippen molar-refractivity contribution in [1.29, 1.82) is 0 Å². The normalized spacial score (nSPS) is 16.5. The van der Waals surface area contributed by atoms with Crippen molar-refractivity contribution in [3.8, 4) is 0 Å². The molecule has 0 amide bonds. The molecule has 0 N–H and O–H groups in total. The summed E-state index contributed by atoms with van der Waals surface area (Å²) >= 11 is 12.1. The van der Waals surface area contributed by atoms with E-state index < -0.39 is 0 Å². The Morgan fingerprint density at radius 2 is 1.95 bits per heavy atom. The van der Waals surface area contributed by atoms with Gasteiger partial charge in [0.25, 0.3) is 0 Å². The first-order valence-corrected chi connectivity index (χ1v) is 8.40. The second-order valence-corrected chi connectivity index (χ2v) is 7.16. The third kappa shape index (κ3) is 4.45. The van der Waals surface area contributed by atoms with Crippen LogP contribution < -0.4 is 0 Å². The molecule has 0 bridgehead atoms. The van der Waals surface area contributed by atoms with Gasteiger partial charge in [-0.3, -0.25) is 9.69 Å². The van der Waals surface area contributed by atoms with E-state index >= 15 is 0 Å². The molecule has 0 radical (unpaired) electrons. The fourth-order valence-corrected chi connectivity index (χ4v) is 3.07. The van der Waals surface area contributed by atoms with Crippen molar-refractivity contribution in [2.75, 3.05) is 6.54 Å². The summed E-state index contributed by atoms with van der Waals surface area (Å²) in [5, 5.41) is 1.00. The van der Waals surface area contributed by atoms with Crippen LogP contribution in [0.4, 0.5) is 0 Å². The highest BCUT2D eigenvalue weighted by Crippen LogP contribution is 2.31. The molecule has 0 aliphatic heterocycles. The molecule has 0 aromatic heterocycles. The lowest BCUT2D eigenvalue weighted by Gasteiger charge is -2.29. The maximum atomic E-state index is 12.7. The van der Waals surface area contributed by atoms with E-state index in [4.69, 9.17) is 23.2 Å². The Hall–Kier alpha value is -0.570. The van der Waals surface area contributed by atoms with Gasteiger partial charge in [-0.25, -0.2) is 0 Å². The molecule has 0 heterocycles. The van der Waals surface area contributed by atoms with Crippen LogP contribution in [0.3, 0.4) is 0 Å². The van der Waals surface area contributed by atoms with Gasteiger partial charge in [0, 0.05) is 16.6 Å². The van der Waals surface area contributed by atoms with E-state index in [1.165, 1.54) is 12.8 Å². The molecule has 1 aromatic carbocycles. The van der Waals surface area contributed by atoms with E-state index in [-0.39, 0.29) is 11.8 Å². The van der Waals surface area contributed by atoms with Crippen molar-refractivity contribution in [3.05, 3.63) is 33.8 Å². The zero-order valence-corrected chi connectivity index (χ0v) is 14.4. The maximum Gasteiger partial charge on any atom is 0.181 e. The smallest absolute Gasteiger partial charge is 0.181 e. The predicted octanol–water partition coefficient (Wildman–Crippen LogP) is 5.08. The number of Topliss-reactive ketones (excluding diaryl/α,β-unsaturated/α-hetero) is 1. The van der Waals surface area contributed by atoms with Crippen molar-refractivity contribution >= 4 is 29.0 Å². The van der Waals surface area contributed by atoms with Gasteiger partial charge in [-0.05, 0) is 56.8 Å². The minimum atomic E-state index is -0.130. The minimum Gasteiger partial charge on any atom is -0.292 e.